The first-order valence-corrected chi connectivity index (χ1v) is 8.78. The van der Waals surface area contributed by atoms with Gasteiger partial charge in [0, 0.05) is 0 Å². The van der Waals surface area contributed by atoms with Crippen LogP contribution in [0.2, 0.25) is 0 Å². The van der Waals surface area contributed by atoms with Crippen molar-refractivity contribution in [2.75, 3.05) is 11.5 Å². The van der Waals surface area contributed by atoms with Gasteiger partial charge in [-0.3, -0.25) is 14.5 Å². The molecule has 2 atom stereocenters. The van der Waals surface area contributed by atoms with Gasteiger partial charge in [0.1, 0.15) is 5.75 Å². The third kappa shape index (κ3) is 2.97. The summed E-state index contributed by atoms with van der Waals surface area (Å²) >= 11 is 0. The minimum Gasteiger partial charge on any atom is -0.494 e. The van der Waals surface area contributed by atoms with Gasteiger partial charge in [0.15, 0.2) is 0 Å². The van der Waals surface area contributed by atoms with Crippen LogP contribution in [-0.4, -0.2) is 18.4 Å². The van der Waals surface area contributed by atoms with E-state index in [4.69, 9.17) is 4.74 Å². The number of nitrogens with zero attached hydrogens (tertiary/aromatic N) is 1. The fourth-order valence-corrected chi connectivity index (χ4v) is 3.53. The lowest BCUT2D eigenvalue weighted by molar-refractivity contribution is -0.122. The van der Waals surface area contributed by atoms with E-state index in [9.17, 15) is 9.59 Å². The number of rotatable bonds is 5. The van der Waals surface area contributed by atoms with Crippen molar-refractivity contribution >= 4 is 17.5 Å². The molecule has 2 amide bonds. The standard InChI is InChI=1S/C20H25NO3/c1-4-5-10-24-16-8-6-15(7-9-16)21-19(22)17-11-13(2)14(3)12-18(17)20(21)23/h6-9,17-18H,4-5,10-12H2,1-3H3. The van der Waals surface area contributed by atoms with E-state index in [1.807, 2.05) is 24.3 Å². The Morgan fingerprint density at radius 1 is 1.00 bits per heavy atom. The summed E-state index contributed by atoms with van der Waals surface area (Å²) in [5, 5.41) is 0. The van der Waals surface area contributed by atoms with Crippen molar-refractivity contribution in [3.63, 3.8) is 0 Å². The molecule has 2 aliphatic rings. The lowest BCUT2D eigenvalue weighted by atomic mass is 9.78. The van der Waals surface area contributed by atoms with Crippen molar-refractivity contribution in [1.82, 2.24) is 0 Å². The molecule has 0 aromatic heterocycles. The van der Waals surface area contributed by atoms with Crippen LogP contribution in [0.5, 0.6) is 5.75 Å². The Morgan fingerprint density at radius 3 is 2.04 bits per heavy atom. The Balaban J connectivity index is 1.76. The zero-order valence-corrected chi connectivity index (χ0v) is 14.7. The third-order valence-electron chi connectivity index (χ3n) is 5.20. The molecule has 3 rings (SSSR count). The molecular weight excluding hydrogens is 302 g/mol. The Kier molecular flexibility index (Phi) is 4.74. The van der Waals surface area contributed by atoms with Crippen LogP contribution >= 0.6 is 0 Å². The van der Waals surface area contributed by atoms with Gasteiger partial charge in [0.2, 0.25) is 11.8 Å². The van der Waals surface area contributed by atoms with Crippen LogP contribution in [0.1, 0.15) is 46.5 Å². The van der Waals surface area contributed by atoms with E-state index >= 15 is 0 Å². The van der Waals surface area contributed by atoms with Crippen LogP contribution in [0.3, 0.4) is 0 Å². The van der Waals surface area contributed by atoms with Crippen molar-refractivity contribution < 1.29 is 14.3 Å². The molecule has 1 heterocycles. The molecule has 24 heavy (non-hydrogen) atoms. The van der Waals surface area contributed by atoms with Gasteiger partial charge in [0.25, 0.3) is 0 Å². The predicted molar refractivity (Wildman–Crippen MR) is 93.9 cm³/mol. The quantitative estimate of drug-likeness (QED) is 0.465. The number of allylic oxidation sites excluding steroid dienone is 2. The maximum Gasteiger partial charge on any atom is 0.238 e. The molecule has 0 spiro atoms. The lowest BCUT2D eigenvalue weighted by Gasteiger charge is -2.23. The summed E-state index contributed by atoms with van der Waals surface area (Å²) in [6.45, 7) is 6.93. The Hall–Kier alpha value is -2.10. The zero-order valence-electron chi connectivity index (χ0n) is 14.7. The van der Waals surface area contributed by atoms with Crippen molar-refractivity contribution in [2.24, 2.45) is 11.8 Å². The highest BCUT2D eigenvalue weighted by atomic mass is 16.5. The normalized spacial score (nSPS) is 23.7. The highest BCUT2D eigenvalue weighted by molar-refractivity contribution is 6.22. The number of fused-ring (bicyclic) bond motifs is 1. The summed E-state index contributed by atoms with van der Waals surface area (Å²) in [6.07, 6.45) is 3.51. The highest BCUT2D eigenvalue weighted by Crippen LogP contribution is 2.42. The molecule has 0 radical (unpaired) electrons. The van der Waals surface area contributed by atoms with Crippen LogP contribution < -0.4 is 9.64 Å². The second-order valence-electron chi connectivity index (χ2n) is 6.89. The average Bonchev–Trinajstić information content (AvgIpc) is 2.80. The van der Waals surface area contributed by atoms with E-state index in [2.05, 4.69) is 20.8 Å². The Morgan fingerprint density at radius 2 is 1.54 bits per heavy atom. The number of hydrogen-bond acceptors (Lipinski definition) is 3. The number of anilines is 1. The first-order valence-electron chi connectivity index (χ1n) is 8.78. The molecule has 128 valence electrons. The number of benzene rings is 1. The third-order valence-corrected chi connectivity index (χ3v) is 5.20. The van der Waals surface area contributed by atoms with Gasteiger partial charge in [0.05, 0.1) is 24.1 Å². The van der Waals surface area contributed by atoms with E-state index in [-0.39, 0.29) is 23.7 Å². The molecule has 1 saturated heterocycles. The number of carbonyl (C=O) groups excluding carboxylic acids is 2. The molecule has 0 N–H and O–H groups in total. The maximum absolute atomic E-state index is 12.7. The van der Waals surface area contributed by atoms with Crippen LogP contribution in [0.4, 0.5) is 5.69 Å². The van der Waals surface area contributed by atoms with Crippen molar-refractivity contribution in [1.29, 1.82) is 0 Å². The summed E-state index contributed by atoms with van der Waals surface area (Å²) in [5.74, 6) is 0.272. The average molecular weight is 327 g/mol. The van der Waals surface area contributed by atoms with Crippen molar-refractivity contribution in [3.05, 3.63) is 35.4 Å². The molecule has 1 aromatic carbocycles. The first kappa shape index (κ1) is 16.7. The van der Waals surface area contributed by atoms with Crippen LogP contribution in [0, 0.1) is 11.8 Å². The second-order valence-corrected chi connectivity index (χ2v) is 6.89. The maximum atomic E-state index is 12.7. The minimum atomic E-state index is -0.193. The van der Waals surface area contributed by atoms with Crippen LogP contribution in [0.15, 0.2) is 35.4 Å². The number of imide groups is 1. The van der Waals surface area contributed by atoms with Gasteiger partial charge in [-0.2, -0.15) is 0 Å². The molecule has 1 aromatic rings. The minimum absolute atomic E-state index is 0.0588. The van der Waals surface area contributed by atoms with Crippen LogP contribution in [0.25, 0.3) is 0 Å². The molecule has 1 aliphatic heterocycles. The number of unbranched alkanes of at least 4 members (excludes halogenated alkanes) is 1. The SMILES string of the molecule is CCCCOc1ccc(N2C(=O)C3CC(C)=C(C)CC3C2=O)cc1. The fraction of sp³-hybridized carbons (Fsp3) is 0.500. The molecule has 2 unspecified atom stereocenters. The molecule has 0 bridgehead atoms. The monoisotopic (exact) mass is 327 g/mol. The van der Waals surface area contributed by atoms with E-state index in [0.29, 0.717) is 25.1 Å². The van der Waals surface area contributed by atoms with Crippen molar-refractivity contribution in [3.8, 4) is 5.75 Å². The summed E-state index contributed by atoms with van der Waals surface area (Å²) in [7, 11) is 0. The molecule has 4 nitrogen and oxygen atoms in total. The fourth-order valence-electron chi connectivity index (χ4n) is 3.53. The summed E-state index contributed by atoms with van der Waals surface area (Å²) in [4.78, 5) is 26.9. The molecule has 0 saturated carbocycles. The smallest absolute Gasteiger partial charge is 0.238 e. The van der Waals surface area contributed by atoms with Crippen molar-refractivity contribution in [2.45, 2.75) is 46.5 Å². The largest absolute Gasteiger partial charge is 0.494 e. The number of ether oxygens (including phenoxy) is 1. The van der Waals surface area contributed by atoms with E-state index in [1.54, 1.807) is 0 Å². The summed E-state index contributed by atoms with van der Waals surface area (Å²) < 4.78 is 5.65. The predicted octanol–water partition coefficient (Wildman–Crippen LogP) is 4.10. The van der Waals surface area contributed by atoms with Gasteiger partial charge in [-0.05, 0) is 57.4 Å². The first-order chi connectivity index (χ1) is 11.5. The van der Waals surface area contributed by atoms with Gasteiger partial charge < -0.3 is 4.74 Å². The molecular formula is C20H25NO3. The second kappa shape index (κ2) is 6.80. The summed E-state index contributed by atoms with van der Waals surface area (Å²) in [6, 6.07) is 7.29. The number of amides is 2. The van der Waals surface area contributed by atoms with Gasteiger partial charge >= 0.3 is 0 Å². The Bertz CT molecular complexity index is 643. The van der Waals surface area contributed by atoms with E-state index in [1.165, 1.54) is 16.0 Å². The molecule has 1 aliphatic carbocycles. The summed E-state index contributed by atoms with van der Waals surface area (Å²) in [5.41, 5.74) is 3.15. The number of hydrogen-bond donors (Lipinski definition) is 0. The van der Waals surface area contributed by atoms with E-state index in [0.717, 1.165) is 18.6 Å². The van der Waals surface area contributed by atoms with Gasteiger partial charge in [-0.25, -0.2) is 0 Å². The topological polar surface area (TPSA) is 46.6 Å². The zero-order chi connectivity index (χ0) is 17.3. The highest BCUT2D eigenvalue weighted by Gasteiger charge is 2.49. The number of carbonyl (C=O) groups is 2. The lowest BCUT2D eigenvalue weighted by Crippen LogP contribution is -2.30. The van der Waals surface area contributed by atoms with Gasteiger partial charge in [-0.1, -0.05) is 24.5 Å². The van der Waals surface area contributed by atoms with E-state index < -0.39 is 0 Å². The Labute approximate surface area is 143 Å². The van der Waals surface area contributed by atoms with Gasteiger partial charge in [-0.15, -0.1) is 0 Å². The molecule has 1 fully saturated rings. The van der Waals surface area contributed by atoms with Crippen LogP contribution in [-0.2, 0) is 9.59 Å². The molecule has 4 heteroatoms.